The molecule has 0 N–H and O–H groups in total. The molecule has 1 rings (SSSR count). The van der Waals surface area contributed by atoms with Crippen LogP contribution >= 0.6 is 0 Å². The van der Waals surface area contributed by atoms with E-state index in [4.69, 9.17) is 0 Å². The van der Waals surface area contributed by atoms with Crippen molar-refractivity contribution in [1.29, 1.82) is 0 Å². The van der Waals surface area contributed by atoms with Crippen LogP contribution in [0.15, 0.2) is 0 Å². The van der Waals surface area contributed by atoms with Crippen LogP contribution in [0.5, 0.6) is 0 Å². The van der Waals surface area contributed by atoms with Crippen LogP contribution < -0.4 is 0 Å². The molecule has 0 radical (unpaired) electrons. The van der Waals surface area contributed by atoms with Gasteiger partial charge in [-0.2, -0.15) is 13.9 Å². The van der Waals surface area contributed by atoms with Gasteiger partial charge in [0.25, 0.3) is 0 Å². The van der Waals surface area contributed by atoms with Gasteiger partial charge in [0.05, 0.1) is 12.3 Å². The van der Waals surface area contributed by atoms with E-state index >= 15 is 0 Å². The summed E-state index contributed by atoms with van der Waals surface area (Å²) in [5, 5.41) is 4.16. The summed E-state index contributed by atoms with van der Waals surface area (Å²) < 4.78 is 29.7. The standard InChI is InChI=1S/C10H16F2N2O.C2H6/c1-6(2)9-7(3)8(13-14(9)4)5-15-10(11)12;1-2/h6,10H,5H2,1-4H3;1-2H3. The van der Waals surface area contributed by atoms with Crippen LogP contribution in [0.4, 0.5) is 8.78 Å². The van der Waals surface area contributed by atoms with Crippen molar-refractivity contribution in [3.8, 4) is 0 Å². The highest BCUT2D eigenvalue weighted by Gasteiger charge is 2.15. The summed E-state index contributed by atoms with van der Waals surface area (Å²) in [4.78, 5) is 0. The molecule has 0 saturated heterocycles. The summed E-state index contributed by atoms with van der Waals surface area (Å²) >= 11 is 0. The number of rotatable bonds is 4. The molecule has 0 fully saturated rings. The van der Waals surface area contributed by atoms with Crippen LogP contribution in [0.2, 0.25) is 0 Å². The minimum absolute atomic E-state index is 0.135. The first-order valence-electron chi connectivity index (χ1n) is 5.85. The Morgan fingerprint density at radius 2 is 1.82 bits per heavy atom. The van der Waals surface area contributed by atoms with Gasteiger partial charge < -0.3 is 4.74 Å². The number of ether oxygens (including phenoxy) is 1. The lowest BCUT2D eigenvalue weighted by molar-refractivity contribution is -0.138. The average Bonchev–Trinajstić information content (AvgIpc) is 2.53. The quantitative estimate of drug-likeness (QED) is 0.813. The molecule has 0 aromatic carbocycles. The second-order valence-corrected chi connectivity index (χ2v) is 3.81. The molecule has 0 aliphatic heterocycles. The van der Waals surface area contributed by atoms with E-state index in [0.29, 0.717) is 11.6 Å². The Balaban J connectivity index is 0.00000121. The average molecular weight is 248 g/mol. The SMILES string of the molecule is CC.Cc1c(COC(F)F)nn(C)c1C(C)C. The Hall–Kier alpha value is -0.970. The predicted molar refractivity (Wildman–Crippen MR) is 64.2 cm³/mol. The van der Waals surface area contributed by atoms with Crippen molar-refractivity contribution in [2.75, 3.05) is 0 Å². The molecule has 17 heavy (non-hydrogen) atoms. The number of aromatic nitrogens is 2. The van der Waals surface area contributed by atoms with Crippen molar-refractivity contribution >= 4 is 0 Å². The summed E-state index contributed by atoms with van der Waals surface area (Å²) in [5.74, 6) is 0.322. The van der Waals surface area contributed by atoms with Crippen LogP contribution in [0.1, 0.15) is 50.6 Å². The van der Waals surface area contributed by atoms with Crippen molar-refractivity contribution in [2.24, 2.45) is 7.05 Å². The fourth-order valence-electron chi connectivity index (χ4n) is 1.79. The molecule has 1 aromatic rings. The van der Waals surface area contributed by atoms with E-state index in [-0.39, 0.29) is 6.61 Å². The van der Waals surface area contributed by atoms with Gasteiger partial charge in [-0.15, -0.1) is 0 Å². The van der Waals surface area contributed by atoms with Crippen molar-refractivity contribution in [2.45, 2.75) is 53.8 Å². The van der Waals surface area contributed by atoms with Gasteiger partial charge in [0, 0.05) is 12.7 Å². The largest absolute Gasteiger partial charge is 0.345 e. The number of aryl methyl sites for hydroxylation is 1. The van der Waals surface area contributed by atoms with Crippen LogP contribution in [0, 0.1) is 6.92 Å². The minimum atomic E-state index is -2.74. The third-order valence-electron chi connectivity index (χ3n) is 2.33. The number of hydrogen-bond acceptors (Lipinski definition) is 2. The molecule has 1 heterocycles. The minimum Gasteiger partial charge on any atom is -0.316 e. The van der Waals surface area contributed by atoms with E-state index in [2.05, 4.69) is 9.84 Å². The molecule has 0 amide bonds. The van der Waals surface area contributed by atoms with Crippen LogP contribution in [0.3, 0.4) is 0 Å². The van der Waals surface area contributed by atoms with E-state index in [1.807, 2.05) is 41.7 Å². The van der Waals surface area contributed by atoms with Gasteiger partial charge in [-0.25, -0.2) is 0 Å². The zero-order valence-electron chi connectivity index (χ0n) is 11.4. The second-order valence-electron chi connectivity index (χ2n) is 3.81. The summed E-state index contributed by atoms with van der Waals surface area (Å²) in [6.45, 7) is 7.09. The van der Waals surface area contributed by atoms with Gasteiger partial charge in [0.1, 0.15) is 0 Å². The maximum atomic E-state index is 11.9. The van der Waals surface area contributed by atoms with Crippen LogP contribution in [0.25, 0.3) is 0 Å². The maximum Gasteiger partial charge on any atom is 0.345 e. The molecule has 0 aliphatic rings. The number of alkyl halides is 2. The monoisotopic (exact) mass is 248 g/mol. The van der Waals surface area contributed by atoms with Gasteiger partial charge in [0.2, 0.25) is 0 Å². The molecular weight excluding hydrogens is 226 g/mol. The van der Waals surface area contributed by atoms with Gasteiger partial charge in [-0.1, -0.05) is 27.7 Å². The van der Waals surface area contributed by atoms with Crippen molar-refractivity contribution in [3.63, 3.8) is 0 Å². The first-order valence-corrected chi connectivity index (χ1v) is 5.85. The number of hydrogen-bond donors (Lipinski definition) is 0. The lowest BCUT2D eigenvalue weighted by Gasteiger charge is -2.06. The molecule has 5 heteroatoms. The van der Waals surface area contributed by atoms with E-state index in [1.165, 1.54) is 0 Å². The smallest absolute Gasteiger partial charge is 0.316 e. The van der Waals surface area contributed by atoms with Crippen LogP contribution in [-0.4, -0.2) is 16.4 Å². The summed E-state index contributed by atoms with van der Waals surface area (Å²) in [7, 11) is 1.81. The summed E-state index contributed by atoms with van der Waals surface area (Å²) in [5.41, 5.74) is 2.58. The fraction of sp³-hybridized carbons (Fsp3) is 0.750. The number of nitrogens with zero attached hydrogens (tertiary/aromatic N) is 2. The summed E-state index contributed by atoms with van der Waals surface area (Å²) in [6.07, 6.45) is 0. The molecule has 0 spiro atoms. The summed E-state index contributed by atoms with van der Waals surface area (Å²) in [6, 6.07) is 0. The topological polar surface area (TPSA) is 27.1 Å². The third kappa shape index (κ3) is 4.42. The molecule has 0 saturated carbocycles. The van der Waals surface area contributed by atoms with E-state index in [9.17, 15) is 8.78 Å². The van der Waals surface area contributed by atoms with Gasteiger partial charge in [0.15, 0.2) is 0 Å². The molecule has 100 valence electrons. The zero-order valence-corrected chi connectivity index (χ0v) is 11.4. The zero-order chi connectivity index (χ0) is 13.6. The Bertz CT molecular complexity index is 335. The first kappa shape index (κ1) is 16.0. The Labute approximate surface area is 102 Å². The lowest BCUT2D eigenvalue weighted by Crippen LogP contribution is -2.01. The maximum absolute atomic E-state index is 11.9. The van der Waals surface area contributed by atoms with E-state index < -0.39 is 6.61 Å². The van der Waals surface area contributed by atoms with Crippen molar-refractivity contribution in [3.05, 3.63) is 17.0 Å². The third-order valence-corrected chi connectivity index (χ3v) is 2.33. The van der Waals surface area contributed by atoms with E-state index in [0.717, 1.165) is 11.3 Å². The fourth-order valence-corrected chi connectivity index (χ4v) is 1.79. The molecular formula is C12H22F2N2O. The van der Waals surface area contributed by atoms with Gasteiger partial charge in [-0.05, 0) is 18.4 Å². The Morgan fingerprint density at radius 1 is 1.29 bits per heavy atom. The Morgan fingerprint density at radius 3 is 2.18 bits per heavy atom. The normalized spacial score (nSPS) is 10.7. The highest BCUT2D eigenvalue weighted by atomic mass is 19.3. The highest BCUT2D eigenvalue weighted by Crippen LogP contribution is 2.21. The van der Waals surface area contributed by atoms with Crippen molar-refractivity contribution in [1.82, 2.24) is 9.78 Å². The number of halogens is 2. The lowest BCUT2D eigenvalue weighted by atomic mass is 10.1. The molecule has 0 unspecified atom stereocenters. The Kier molecular flexibility index (Phi) is 6.95. The van der Waals surface area contributed by atoms with Crippen molar-refractivity contribution < 1.29 is 13.5 Å². The van der Waals surface area contributed by atoms with E-state index in [1.54, 1.807) is 4.68 Å². The molecule has 3 nitrogen and oxygen atoms in total. The molecule has 0 aliphatic carbocycles. The van der Waals surface area contributed by atoms with Crippen LogP contribution in [-0.2, 0) is 18.4 Å². The molecule has 1 aromatic heterocycles. The molecule has 0 bridgehead atoms. The molecule has 0 atom stereocenters. The van der Waals surface area contributed by atoms with Gasteiger partial charge in [-0.3, -0.25) is 4.68 Å². The van der Waals surface area contributed by atoms with Gasteiger partial charge >= 0.3 is 6.61 Å². The predicted octanol–water partition coefficient (Wildman–Crippen LogP) is 3.62. The second kappa shape index (κ2) is 7.37. The highest BCUT2D eigenvalue weighted by molar-refractivity contribution is 5.26. The first-order chi connectivity index (χ1) is 7.93.